The molecule has 0 spiro atoms. The van der Waals surface area contributed by atoms with Crippen molar-refractivity contribution < 1.29 is 8.83 Å². The van der Waals surface area contributed by atoms with E-state index in [2.05, 4.69) is 96.0 Å². The van der Waals surface area contributed by atoms with Crippen LogP contribution in [-0.2, 0) is 0 Å². The highest BCUT2D eigenvalue weighted by Crippen LogP contribution is 2.40. The number of nitrogens with zero attached hydrogens (tertiary/aromatic N) is 1. The number of nitrogens with one attached hydrogen (secondary N) is 1. The van der Waals surface area contributed by atoms with Crippen molar-refractivity contribution >= 4 is 70.6 Å². The number of thiophene rings is 1. The SMILES string of the molecule is CC.Cc1oc2ccc(-c3cccc(-c4ccc5sc6ccc(-c7ccc8oc9ccncc9c8c7)cc6c5c4)c3)cc2c1C=N. The van der Waals surface area contributed by atoms with Crippen LogP contribution >= 0.6 is 11.3 Å². The van der Waals surface area contributed by atoms with Crippen LogP contribution in [0.1, 0.15) is 25.2 Å². The van der Waals surface area contributed by atoms with Crippen LogP contribution in [0.4, 0.5) is 0 Å². The van der Waals surface area contributed by atoms with Gasteiger partial charge in [-0.3, -0.25) is 4.98 Å². The largest absolute Gasteiger partial charge is 0.461 e. The average Bonchev–Trinajstić information content (AvgIpc) is 3.77. The molecule has 46 heavy (non-hydrogen) atoms. The molecule has 0 aliphatic heterocycles. The molecule has 1 N–H and O–H groups in total. The lowest BCUT2D eigenvalue weighted by Crippen LogP contribution is -1.83. The first-order chi connectivity index (χ1) is 22.6. The van der Waals surface area contributed by atoms with Gasteiger partial charge < -0.3 is 14.2 Å². The molecule has 222 valence electrons. The monoisotopic (exact) mass is 614 g/mol. The van der Waals surface area contributed by atoms with E-state index in [0.717, 1.165) is 60.9 Å². The molecule has 9 rings (SSSR count). The molecule has 0 saturated carbocycles. The second kappa shape index (κ2) is 11.1. The predicted octanol–water partition coefficient (Wildman–Crippen LogP) is 12.4. The fraction of sp³-hybridized carbons (Fsp3) is 0.0732. The third-order valence-corrected chi connectivity index (χ3v) is 9.81. The van der Waals surface area contributed by atoms with Gasteiger partial charge in [0, 0.05) is 60.5 Å². The lowest BCUT2D eigenvalue weighted by molar-refractivity contribution is 0.578. The van der Waals surface area contributed by atoms with Crippen LogP contribution in [0, 0.1) is 12.3 Å². The molecule has 0 aliphatic carbocycles. The molecule has 0 atom stereocenters. The van der Waals surface area contributed by atoms with E-state index in [1.165, 1.54) is 43.1 Å². The summed E-state index contributed by atoms with van der Waals surface area (Å²) < 4.78 is 14.4. The van der Waals surface area contributed by atoms with Crippen molar-refractivity contribution in [1.82, 2.24) is 4.98 Å². The van der Waals surface area contributed by atoms with Crippen LogP contribution in [0.15, 0.2) is 124 Å². The van der Waals surface area contributed by atoms with Gasteiger partial charge in [-0.05, 0) is 101 Å². The number of aryl methyl sites for hydroxylation is 1. The first-order valence-corrected chi connectivity index (χ1v) is 16.3. The van der Waals surface area contributed by atoms with Crippen LogP contribution in [0.25, 0.3) is 86.5 Å². The lowest BCUT2D eigenvalue weighted by Gasteiger charge is -2.07. The van der Waals surface area contributed by atoms with Gasteiger partial charge in [-0.1, -0.05) is 56.3 Å². The molecule has 0 bridgehead atoms. The molecule has 0 radical (unpaired) electrons. The minimum absolute atomic E-state index is 0.771. The number of furan rings is 2. The number of fused-ring (bicyclic) bond motifs is 7. The number of rotatable bonds is 4. The van der Waals surface area contributed by atoms with E-state index in [0.29, 0.717) is 0 Å². The third kappa shape index (κ3) is 4.51. The van der Waals surface area contributed by atoms with Crippen molar-refractivity contribution in [3.8, 4) is 33.4 Å². The molecular weight excluding hydrogens is 585 g/mol. The third-order valence-electron chi connectivity index (χ3n) is 8.66. The molecular formula is C41H30N2O2S. The van der Waals surface area contributed by atoms with Crippen LogP contribution in [0.3, 0.4) is 0 Å². The second-order valence-electron chi connectivity index (χ2n) is 11.2. The molecule has 0 unspecified atom stereocenters. The zero-order chi connectivity index (χ0) is 31.4. The summed E-state index contributed by atoms with van der Waals surface area (Å²) in [6.07, 6.45) is 5.02. The summed E-state index contributed by atoms with van der Waals surface area (Å²) in [6.45, 7) is 5.91. The normalized spacial score (nSPS) is 11.5. The molecule has 0 saturated heterocycles. The smallest absolute Gasteiger partial charge is 0.138 e. The Balaban J connectivity index is 0.00000153. The minimum Gasteiger partial charge on any atom is -0.461 e. The van der Waals surface area contributed by atoms with Gasteiger partial charge in [0.25, 0.3) is 0 Å². The Kier molecular flexibility index (Phi) is 6.77. The Bertz CT molecular complexity index is 2600. The van der Waals surface area contributed by atoms with E-state index in [9.17, 15) is 0 Å². The summed E-state index contributed by atoms with van der Waals surface area (Å²) >= 11 is 1.83. The summed E-state index contributed by atoms with van der Waals surface area (Å²) in [5, 5.41) is 13.5. The van der Waals surface area contributed by atoms with Crippen molar-refractivity contribution in [1.29, 1.82) is 5.41 Å². The predicted molar refractivity (Wildman–Crippen MR) is 194 cm³/mol. The van der Waals surface area contributed by atoms with E-state index >= 15 is 0 Å². The summed E-state index contributed by atoms with van der Waals surface area (Å²) in [6, 6.07) is 36.8. The topological polar surface area (TPSA) is 63.0 Å². The molecule has 0 amide bonds. The van der Waals surface area contributed by atoms with Gasteiger partial charge in [0.1, 0.15) is 22.5 Å². The van der Waals surface area contributed by atoms with Gasteiger partial charge >= 0.3 is 0 Å². The van der Waals surface area contributed by atoms with Crippen molar-refractivity contribution in [2.45, 2.75) is 20.8 Å². The van der Waals surface area contributed by atoms with E-state index in [1.807, 2.05) is 50.4 Å². The summed E-state index contributed by atoms with van der Waals surface area (Å²) in [4.78, 5) is 4.31. The Morgan fingerprint density at radius 3 is 1.72 bits per heavy atom. The summed E-state index contributed by atoms with van der Waals surface area (Å²) in [5.41, 5.74) is 10.3. The molecule has 4 nitrogen and oxygen atoms in total. The van der Waals surface area contributed by atoms with E-state index in [1.54, 1.807) is 6.20 Å². The van der Waals surface area contributed by atoms with Crippen molar-refractivity contribution in [3.63, 3.8) is 0 Å². The Morgan fingerprint density at radius 1 is 0.565 bits per heavy atom. The van der Waals surface area contributed by atoms with Gasteiger partial charge in [-0.25, -0.2) is 0 Å². The standard InChI is InChI=1S/C39H24N2O2S.C2H6/c1-22-33(20-40)29-16-25(5-9-35(29)42-22)23-3-2-4-24(15-23)27-7-11-38-31(18-27)32-19-28(8-12-39(32)44-38)26-6-10-36-30(17-26)34-21-41-14-13-37(34)43-36;1-2/h2-21,40H,1H3;1-2H3. The Labute approximate surface area is 270 Å². The maximum absolute atomic E-state index is 7.84. The number of aromatic nitrogens is 1. The fourth-order valence-electron chi connectivity index (χ4n) is 6.41. The van der Waals surface area contributed by atoms with Gasteiger partial charge in [-0.2, -0.15) is 0 Å². The minimum atomic E-state index is 0.771. The van der Waals surface area contributed by atoms with Crippen LogP contribution in [0.2, 0.25) is 0 Å². The number of hydrogen-bond donors (Lipinski definition) is 1. The molecule has 5 aromatic carbocycles. The van der Waals surface area contributed by atoms with Gasteiger partial charge in [-0.15, -0.1) is 11.3 Å². The van der Waals surface area contributed by atoms with Gasteiger partial charge in [0.15, 0.2) is 0 Å². The maximum atomic E-state index is 7.84. The van der Waals surface area contributed by atoms with Crippen LogP contribution in [-0.4, -0.2) is 11.2 Å². The fourth-order valence-corrected chi connectivity index (χ4v) is 7.48. The van der Waals surface area contributed by atoms with E-state index in [-0.39, 0.29) is 0 Å². The first-order valence-electron chi connectivity index (χ1n) is 15.5. The number of hydrogen-bond acceptors (Lipinski definition) is 5. The zero-order valence-corrected chi connectivity index (χ0v) is 26.5. The first kappa shape index (κ1) is 28.0. The van der Waals surface area contributed by atoms with E-state index < -0.39 is 0 Å². The molecule has 5 heteroatoms. The number of pyridine rings is 1. The summed E-state index contributed by atoms with van der Waals surface area (Å²) in [7, 11) is 0. The average molecular weight is 615 g/mol. The highest BCUT2D eigenvalue weighted by molar-refractivity contribution is 7.25. The highest BCUT2D eigenvalue weighted by atomic mass is 32.1. The van der Waals surface area contributed by atoms with Crippen LogP contribution < -0.4 is 0 Å². The van der Waals surface area contributed by atoms with Gasteiger partial charge in [0.2, 0.25) is 0 Å². The van der Waals surface area contributed by atoms with Gasteiger partial charge in [0.05, 0.1) is 0 Å². The highest BCUT2D eigenvalue weighted by Gasteiger charge is 2.13. The van der Waals surface area contributed by atoms with Crippen molar-refractivity contribution in [2.75, 3.05) is 0 Å². The second-order valence-corrected chi connectivity index (χ2v) is 12.3. The van der Waals surface area contributed by atoms with Crippen LogP contribution in [0.5, 0.6) is 0 Å². The molecule has 9 aromatic rings. The zero-order valence-electron chi connectivity index (χ0n) is 25.7. The van der Waals surface area contributed by atoms with E-state index in [4.69, 9.17) is 14.2 Å². The molecule has 4 aromatic heterocycles. The van der Waals surface area contributed by atoms with Crippen molar-refractivity contribution in [2.24, 2.45) is 0 Å². The van der Waals surface area contributed by atoms with Crippen molar-refractivity contribution in [3.05, 3.63) is 127 Å². The number of benzene rings is 5. The molecule has 4 heterocycles. The quantitative estimate of drug-likeness (QED) is 0.201. The Hall–Kier alpha value is -5.52. The maximum Gasteiger partial charge on any atom is 0.138 e. The molecule has 0 fully saturated rings. The Morgan fingerprint density at radius 2 is 1.09 bits per heavy atom. The summed E-state index contributed by atoms with van der Waals surface area (Å²) in [5.74, 6) is 0.771. The molecule has 0 aliphatic rings. The lowest BCUT2D eigenvalue weighted by atomic mass is 9.96.